The summed E-state index contributed by atoms with van der Waals surface area (Å²) in [6.45, 7) is 0. The molecule has 150 valence electrons. The Hall–Kier alpha value is -3.85. The van der Waals surface area contributed by atoms with Crippen molar-refractivity contribution < 1.29 is 9.59 Å². The van der Waals surface area contributed by atoms with Crippen molar-refractivity contribution in [3.05, 3.63) is 76.5 Å². The molecule has 0 atom stereocenters. The lowest BCUT2D eigenvalue weighted by Gasteiger charge is -2.20. The zero-order chi connectivity index (χ0) is 21.1. The van der Waals surface area contributed by atoms with Gasteiger partial charge >= 0.3 is 0 Å². The molecule has 2 heterocycles. The van der Waals surface area contributed by atoms with Crippen LogP contribution in [0.2, 0.25) is 0 Å². The Bertz CT molecular complexity index is 1200. The largest absolute Gasteiger partial charge is 0.322 e. The SMILES string of the molecule is CN(C(=O)c1cccs1)c1ccccc1C(=O)Nc1cccc(-c2nnnn2C)c1. The van der Waals surface area contributed by atoms with E-state index in [2.05, 4.69) is 20.8 Å². The highest BCUT2D eigenvalue weighted by molar-refractivity contribution is 7.12. The quantitative estimate of drug-likeness (QED) is 0.536. The number of rotatable bonds is 5. The summed E-state index contributed by atoms with van der Waals surface area (Å²) in [5, 5.41) is 16.2. The van der Waals surface area contributed by atoms with Gasteiger partial charge in [0.1, 0.15) is 0 Å². The first-order valence-corrected chi connectivity index (χ1v) is 9.97. The molecule has 0 bridgehead atoms. The summed E-state index contributed by atoms with van der Waals surface area (Å²) in [6.07, 6.45) is 0. The molecular weight excluding hydrogens is 400 g/mol. The van der Waals surface area contributed by atoms with Gasteiger partial charge in [0.2, 0.25) is 0 Å². The number of nitrogens with zero attached hydrogens (tertiary/aromatic N) is 5. The molecular formula is C21H18N6O2S. The summed E-state index contributed by atoms with van der Waals surface area (Å²) in [5.74, 6) is 0.111. The van der Waals surface area contributed by atoms with Gasteiger partial charge in [-0.2, -0.15) is 0 Å². The number of anilines is 2. The van der Waals surface area contributed by atoms with Gasteiger partial charge in [-0.25, -0.2) is 4.68 Å². The van der Waals surface area contributed by atoms with Crippen LogP contribution in [0, 0.1) is 0 Å². The Morgan fingerprint density at radius 3 is 2.63 bits per heavy atom. The zero-order valence-electron chi connectivity index (χ0n) is 16.3. The van der Waals surface area contributed by atoms with Gasteiger partial charge in [-0.05, 0) is 46.1 Å². The molecule has 0 unspecified atom stereocenters. The number of aryl methyl sites for hydroxylation is 1. The fraction of sp³-hybridized carbons (Fsp3) is 0.0952. The monoisotopic (exact) mass is 418 g/mol. The Morgan fingerprint density at radius 1 is 1.07 bits per heavy atom. The molecule has 0 saturated carbocycles. The maximum atomic E-state index is 13.0. The van der Waals surface area contributed by atoms with Crippen LogP contribution in [0.25, 0.3) is 11.4 Å². The molecule has 9 heteroatoms. The Balaban J connectivity index is 1.59. The Morgan fingerprint density at radius 2 is 1.90 bits per heavy atom. The summed E-state index contributed by atoms with van der Waals surface area (Å²) >= 11 is 1.36. The zero-order valence-corrected chi connectivity index (χ0v) is 17.1. The van der Waals surface area contributed by atoms with E-state index in [9.17, 15) is 9.59 Å². The summed E-state index contributed by atoms with van der Waals surface area (Å²) < 4.78 is 1.56. The van der Waals surface area contributed by atoms with E-state index in [0.29, 0.717) is 27.6 Å². The predicted octanol–water partition coefficient (Wildman–Crippen LogP) is 3.47. The van der Waals surface area contributed by atoms with Crippen molar-refractivity contribution in [1.82, 2.24) is 20.2 Å². The number of aromatic nitrogens is 4. The van der Waals surface area contributed by atoms with Gasteiger partial charge in [-0.1, -0.05) is 30.3 Å². The number of benzene rings is 2. The molecule has 2 aromatic carbocycles. The number of carbonyl (C=O) groups excluding carboxylic acids is 2. The number of hydrogen-bond acceptors (Lipinski definition) is 6. The van der Waals surface area contributed by atoms with E-state index in [1.165, 1.54) is 16.2 Å². The van der Waals surface area contributed by atoms with Crippen LogP contribution in [-0.2, 0) is 7.05 Å². The van der Waals surface area contributed by atoms with Crippen LogP contribution < -0.4 is 10.2 Å². The van der Waals surface area contributed by atoms with E-state index in [1.54, 1.807) is 61.2 Å². The second-order valence-corrected chi connectivity index (χ2v) is 7.47. The van der Waals surface area contributed by atoms with Gasteiger partial charge < -0.3 is 10.2 Å². The van der Waals surface area contributed by atoms with Crippen LogP contribution in [-0.4, -0.2) is 39.1 Å². The topological polar surface area (TPSA) is 93.0 Å². The summed E-state index contributed by atoms with van der Waals surface area (Å²) in [6, 6.07) is 17.9. The van der Waals surface area contributed by atoms with Crippen molar-refractivity contribution in [3.8, 4) is 11.4 Å². The highest BCUT2D eigenvalue weighted by Crippen LogP contribution is 2.25. The number of tetrazole rings is 1. The minimum atomic E-state index is -0.315. The lowest BCUT2D eigenvalue weighted by Crippen LogP contribution is -2.28. The molecule has 8 nitrogen and oxygen atoms in total. The number of nitrogens with one attached hydrogen (secondary N) is 1. The average molecular weight is 418 g/mol. The van der Waals surface area contributed by atoms with Crippen molar-refractivity contribution in [2.24, 2.45) is 7.05 Å². The summed E-state index contributed by atoms with van der Waals surface area (Å²) in [7, 11) is 3.41. The minimum Gasteiger partial charge on any atom is -0.322 e. The highest BCUT2D eigenvalue weighted by atomic mass is 32.1. The van der Waals surface area contributed by atoms with E-state index >= 15 is 0 Å². The van der Waals surface area contributed by atoms with Crippen molar-refractivity contribution in [2.75, 3.05) is 17.3 Å². The smallest absolute Gasteiger partial charge is 0.268 e. The third-order valence-corrected chi connectivity index (χ3v) is 5.40. The van der Waals surface area contributed by atoms with Crippen molar-refractivity contribution in [1.29, 1.82) is 0 Å². The number of amides is 2. The maximum absolute atomic E-state index is 13.0. The standard InChI is InChI=1S/C21H18N6O2S/c1-26(21(29)18-11-6-12-30-18)17-10-4-3-9-16(17)20(28)22-15-8-5-7-14(13-15)19-23-24-25-27(19)2/h3-13H,1-2H3,(H,22,28). The molecule has 0 fully saturated rings. The van der Waals surface area contributed by atoms with Crippen LogP contribution in [0.3, 0.4) is 0 Å². The summed E-state index contributed by atoms with van der Waals surface area (Å²) in [5.41, 5.74) is 2.30. The first kappa shape index (κ1) is 19.5. The molecule has 30 heavy (non-hydrogen) atoms. The molecule has 0 saturated heterocycles. The molecule has 0 radical (unpaired) electrons. The Kier molecular flexibility index (Phi) is 5.36. The van der Waals surface area contributed by atoms with E-state index in [1.807, 2.05) is 23.6 Å². The first-order valence-electron chi connectivity index (χ1n) is 9.09. The minimum absolute atomic E-state index is 0.165. The average Bonchev–Trinajstić information content (AvgIpc) is 3.45. The fourth-order valence-corrected chi connectivity index (χ4v) is 3.74. The van der Waals surface area contributed by atoms with E-state index < -0.39 is 0 Å². The number of hydrogen-bond donors (Lipinski definition) is 1. The normalized spacial score (nSPS) is 10.6. The van der Waals surface area contributed by atoms with Gasteiger partial charge in [-0.3, -0.25) is 9.59 Å². The molecule has 2 amide bonds. The number of thiophene rings is 1. The molecule has 0 aliphatic heterocycles. The van der Waals surface area contributed by atoms with Crippen LogP contribution in [0.5, 0.6) is 0 Å². The molecule has 0 aliphatic carbocycles. The number of para-hydroxylation sites is 1. The van der Waals surface area contributed by atoms with Crippen LogP contribution >= 0.6 is 11.3 Å². The van der Waals surface area contributed by atoms with Crippen molar-refractivity contribution in [3.63, 3.8) is 0 Å². The first-order chi connectivity index (χ1) is 14.5. The molecule has 4 aromatic rings. The number of carbonyl (C=O) groups is 2. The lowest BCUT2D eigenvalue weighted by atomic mass is 10.1. The summed E-state index contributed by atoms with van der Waals surface area (Å²) in [4.78, 5) is 27.8. The fourth-order valence-electron chi connectivity index (χ4n) is 3.04. The van der Waals surface area contributed by atoms with E-state index in [0.717, 1.165) is 5.56 Å². The van der Waals surface area contributed by atoms with E-state index in [4.69, 9.17) is 0 Å². The lowest BCUT2D eigenvalue weighted by molar-refractivity contribution is 0.0996. The molecule has 2 aromatic heterocycles. The second kappa shape index (κ2) is 8.26. The Labute approximate surface area is 176 Å². The molecule has 4 rings (SSSR count). The molecule has 0 spiro atoms. The van der Waals surface area contributed by atoms with E-state index in [-0.39, 0.29) is 11.8 Å². The van der Waals surface area contributed by atoms with Crippen molar-refractivity contribution in [2.45, 2.75) is 0 Å². The van der Waals surface area contributed by atoms with Gasteiger partial charge in [0.25, 0.3) is 11.8 Å². The highest BCUT2D eigenvalue weighted by Gasteiger charge is 2.20. The van der Waals surface area contributed by atoms with Crippen molar-refractivity contribution >= 4 is 34.5 Å². The second-order valence-electron chi connectivity index (χ2n) is 6.52. The molecule has 0 aliphatic rings. The third-order valence-electron chi connectivity index (χ3n) is 4.55. The van der Waals surface area contributed by atoms with Crippen LogP contribution in [0.15, 0.2) is 66.0 Å². The van der Waals surface area contributed by atoms with Crippen LogP contribution in [0.4, 0.5) is 11.4 Å². The van der Waals surface area contributed by atoms with Gasteiger partial charge in [-0.15, -0.1) is 16.4 Å². The predicted molar refractivity (Wildman–Crippen MR) is 116 cm³/mol. The third kappa shape index (κ3) is 3.83. The van der Waals surface area contributed by atoms with Gasteiger partial charge in [0.05, 0.1) is 16.1 Å². The van der Waals surface area contributed by atoms with Gasteiger partial charge in [0, 0.05) is 25.3 Å². The molecule has 1 N–H and O–H groups in total. The van der Waals surface area contributed by atoms with Crippen LogP contribution in [0.1, 0.15) is 20.0 Å². The maximum Gasteiger partial charge on any atom is 0.268 e. The van der Waals surface area contributed by atoms with Gasteiger partial charge in [0.15, 0.2) is 5.82 Å².